The van der Waals surface area contributed by atoms with Gasteiger partial charge in [-0.2, -0.15) is 9.90 Å². The third kappa shape index (κ3) is 2.78. The number of hydrogen-bond acceptors (Lipinski definition) is 5. The number of aryl methyl sites for hydroxylation is 1. The summed E-state index contributed by atoms with van der Waals surface area (Å²) in [6.07, 6.45) is 1.82. The quantitative estimate of drug-likeness (QED) is 0.791. The van der Waals surface area contributed by atoms with Gasteiger partial charge in [0.1, 0.15) is 5.75 Å². The number of piperidine rings is 1. The van der Waals surface area contributed by atoms with E-state index in [2.05, 4.69) is 14.5 Å². The number of para-hydroxylation sites is 1. The topological polar surface area (TPSA) is 43.2 Å². The van der Waals surface area contributed by atoms with Crippen molar-refractivity contribution in [1.82, 2.24) is 19.3 Å². The summed E-state index contributed by atoms with van der Waals surface area (Å²) in [7, 11) is 1.85. The van der Waals surface area contributed by atoms with E-state index in [0.717, 1.165) is 48.2 Å². The van der Waals surface area contributed by atoms with Gasteiger partial charge in [0.2, 0.25) is 0 Å². The fourth-order valence-corrected chi connectivity index (χ4v) is 4.15. The number of ether oxygens (including phenoxy) is 1. The van der Waals surface area contributed by atoms with E-state index in [1.54, 1.807) is 16.7 Å². The number of benzene rings is 1. The summed E-state index contributed by atoms with van der Waals surface area (Å²) in [5.41, 5.74) is 0. The van der Waals surface area contributed by atoms with Crippen molar-refractivity contribution >= 4 is 11.9 Å². The van der Waals surface area contributed by atoms with Crippen molar-refractivity contribution in [1.29, 1.82) is 0 Å². The lowest BCUT2D eigenvalue weighted by Gasteiger charge is -2.16. The molecule has 2 atom stereocenters. The van der Waals surface area contributed by atoms with E-state index in [0.29, 0.717) is 0 Å². The molecule has 1 saturated heterocycles. The zero-order valence-corrected chi connectivity index (χ0v) is 12.7. The first-order chi connectivity index (χ1) is 10.3. The summed E-state index contributed by atoms with van der Waals surface area (Å²) in [5.74, 6) is 3.29. The zero-order chi connectivity index (χ0) is 14.2. The first kappa shape index (κ1) is 13.2. The molecule has 1 aromatic carbocycles. The van der Waals surface area contributed by atoms with Gasteiger partial charge in [-0.1, -0.05) is 18.2 Å². The number of aromatic nitrogens is 3. The summed E-state index contributed by atoms with van der Waals surface area (Å²) in [6, 6.07) is 10.1. The van der Waals surface area contributed by atoms with Crippen molar-refractivity contribution in [3.05, 3.63) is 36.5 Å². The first-order valence-corrected chi connectivity index (χ1v) is 8.04. The highest BCUT2D eigenvalue weighted by molar-refractivity contribution is 7.97. The maximum atomic E-state index is 5.87. The van der Waals surface area contributed by atoms with Crippen molar-refractivity contribution in [2.45, 2.75) is 5.03 Å². The molecule has 0 radical (unpaired) electrons. The van der Waals surface area contributed by atoms with Crippen molar-refractivity contribution in [3.8, 4) is 5.75 Å². The Hall–Kier alpha value is -1.53. The van der Waals surface area contributed by atoms with E-state index >= 15 is 0 Å². The maximum absolute atomic E-state index is 5.87. The summed E-state index contributed by atoms with van der Waals surface area (Å²) in [4.78, 5) is 1.61. The standard InChI is InChI=1S/C15H18N4OS/c1-18-16-7-15(17-18)21-19-8-12-13(9-19)14(12)10-20-11-5-3-2-4-6-11/h2-7,12-14H,8-10H2,1H3. The zero-order valence-electron chi connectivity index (χ0n) is 11.9. The first-order valence-electron chi connectivity index (χ1n) is 7.27. The van der Waals surface area contributed by atoms with Crippen LogP contribution in [0.2, 0.25) is 0 Å². The minimum atomic E-state index is 0.726. The van der Waals surface area contributed by atoms with Crippen LogP contribution in [-0.4, -0.2) is 39.0 Å². The Morgan fingerprint density at radius 3 is 2.67 bits per heavy atom. The second-order valence-corrected chi connectivity index (χ2v) is 6.84. The van der Waals surface area contributed by atoms with Gasteiger partial charge in [0.05, 0.1) is 12.8 Å². The van der Waals surface area contributed by atoms with Crippen LogP contribution >= 0.6 is 11.9 Å². The predicted molar refractivity (Wildman–Crippen MR) is 80.8 cm³/mol. The van der Waals surface area contributed by atoms with E-state index in [9.17, 15) is 0 Å². The highest BCUT2D eigenvalue weighted by Gasteiger charge is 2.56. The lowest BCUT2D eigenvalue weighted by Crippen LogP contribution is -2.19. The molecular weight excluding hydrogens is 284 g/mol. The third-order valence-electron chi connectivity index (χ3n) is 4.32. The number of fused-ring (bicyclic) bond motifs is 1. The minimum Gasteiger partial charge on any atom is -0.493 e. The Kier molecular flexibility index (Phi) is 3.35. The predicted octanol–water partition coefficient (Wildman–Crippen LogP) is 2.08. The molecule has 0 amide bonds. The van der Waals surface area contributed by atoms with Crippen LogP contribution in [0.3, 0.4) is 0 Å². The summed E-state index contributed by atoms with van der Waals surface area (Å²) in [6.45, 7) is 3.12. The van der Waals surface area contributed by atoms with Crippen molar-refractivity contribution in [3.63, 3.8) is 0 Å². The second-order valence-electron chi connectivity index (χ2n) is 5.73. The van der Waals surface area contributed by atoms with Crippen LogP contribution in [0.4, 0.5) is 0 Å². The molecule has 0 N–H and O–H groups in total. The molecule has 2 heterocycles. The van der Waals surface area contributed by atoms with Crippen LogP contribution in [0.5, 0.6) is 5.75 Å². The van der Waals surface area contributed by atoms with E-state index in [1.165, 1.54) is 0 Å². The summed E-state index contributed by atoms with van der Waals surface area (Å²) >= 11 is 1.72. The van der Waals surface area contributed by atoms with Gasteiger partial charge in [0, 0.05) is 26.1 Å². The van der Waals surface area contributed by atoms with E-state index in [4.69, 9.17) is 4.74 Å². The molecule has 5 nitrogen and oxygen atoms in total. The molecule has 1 aromatic heterocycles. The molecular formula is C15H18N4OS. The number of rotatable bonds is 5. The molecule has 2 unspecified atom stereocenters. The average molecular weight is 302 g/mol. The van der Waals surface area contributed by atoms with Gasteiger partial charge in [-0.05, 0) is 35.9 Å². The SMILES string of the molecule is Cn1ncc(SN2CC3C(COc4ccccc4)C3C2)n1. The minimum absolute atomic E-state index is 0.726. The Morgan fingerprint density at radius 2 is 2.00 bits per heavy atom. The van der Waals surface area contributed by atoms with Gasteiger partial charge in [0.25, 0.3) is 0 Å². The van der Waals surface area contributed by atoms with Crippen LogP contribution in [0, 0.1) is 17.8 Å². The highest BCUT2D eigenvalue weighted by Crippen LogP contribution is 2.53. The normalized spacial score (nSPS) is 27.6. The lowest BCUT2D eigenvalue weighted by molar-refractivity contribution is 0.271. The second kappa shape index (κ2) is 5.35. The van der Waals surface area contributed by atoms with Gasteiger partial charge < -0.3 is 4.74 Å². The van der Waals surface area contributed by atoms with E-state index in [1.807, 2.05) is 43.6 Å². The molecule has 110 valence electrons. The molecule has 6 heteroatoms. The Labute approximate surface area is 128 Å². The largest absolute Gasteiger partial charge is 0.493 e. The fraction of sp³-hybridized carbons (Fsp3) is 0.467. The van der Waals surface area contributed by atoms with Gasteiger partial charge in [-0.15, -0.1) is 5.10 Å². The Bertz CT molecular complexity index is 605. The molecule has 1 saturated carbocycles. The van der Waals surface area contributed by atoms with E-state index in [-0.39, 0.29) is 0 Å². The molecule has 1 aliphatic carbocycles. The van der Waals surface area contributed by atoms with Gasteiger partial charge >= 0.3 is 0 Å². The monoisotopic (exact) mass is 302 g/mol. The number of hydrogen-bond donors (Lipinski definition) is 0. The molecule has 1 aliphatic heterocycles. The van der Waals surface area contributed by atoms with Crippen molar-refractivity contribution in [2.24, 2.45) is 24.8 Å². The Morgan fingerprint density at radius 1 is 1.24 bits per heavy atom. The van der Waals surface area contributed by atoms with Crippen LogP contribution in [0.15, 0.2) is 41.6 Å². The van der Waals surface area contributed by atoms with Crippen LogP contribution in [0.1, 0.15) is 0 Å². The summed E-state index contributed by atoms with van der Waals surface area (Å²) < 4.78 is 8.27. The molecule has 2 aliphatic rings. The van der Waals surface area contributed by atoms with Crippen molar-refractivity contribution < 1.29 is 4.74 Å². The molecule has 0 spiro atoms. The van der Waals surface area contributed by atoms with Crippen LogP contribution < -0.4 is 4.74 Å². The lowest BCUT2D eigenvalue weighted by atomic mass is 10.3. The maximum Gasteiger partial charge on any atom is 0.153 e. The van der Waals surface area contributed by atoms with Crippen LogP contribution in [-0.2, 0) is 7.05 Å². The van der Waals surface area contributed by atoms with Gasteiger partial charge in [0.15, 0.2) is 5.03 Å². The molecule has 0 bridgehead atoms. The highest BCUT2D eigenvalue weighted by atomic mass is 32.2. The van der Waals surface area contributed by atoms with Gasteiger partial charge in [-0.25, -0.2) is 4.31 Å². The molecule has 2 fully saturated rings. The van der Waals surface area contributed by atoms with Crippen molar-refractivity contribution in [2.75, 3.05) is 19.7 Å². The Balaban J connectivity index is 1.24. The molecule has 2 aromatic rings. The van der Waals surface area contributed by atoms with Crippen LogP contribution in [0.25, 0.3) is 0 Å². The number of nitrogens with zero attached hydrogens (tertiary/aromatic N) is 4. The molecule has 21 heavy (non-hydrogen) atoms. The fourth-order valence-electron chi connectivity index (χ4n) is 3.14. The van der Waals surface area contributed by atoms with E-state index < -0.39 is 0 Å². The average Bonchev–Trinajstić information content (AvgIpc) is 2.83. The summed E-state index contributed by atoms with van der Waals surface area (Å²) in [5, 5.41) is 9.40. The molecule has 4 rings (SSSR count). The smallest absolute Gasteiger partial charge is 0.153 e. The third-order valence-corrected chi connectivity index (χ3v) is 5.26. The van der Waals surface area contributed by atoms with Gasteiger partial charge in [-0.3, -0.25) is 0 Å².